The lowest BCUT2D eigenvalue weighted by Crippen LogP contribution is -2.35. The molecule has 0 aromatic heterocycles. The first-order valence-electron chi connectivity index (χ1n) is 12.8. The number of rotatable bonds is 9. The van der Waals surface area contributed by atoms with Crippen molar-refractivity contribution in [1.29, 1.82) is 5.41 Å². The number of carbonyl (C=O) groups excluding carboxylic acids is 2. The van der Waals surface area contributed by atoms with Crippen molar-refractivity contribution < 1.29 is 23.8 Å². The molecule has 0 bridgehead atoms. The summed E-state index contributed by atoms with van der Waals surface area (Å²) in [6.45, 7) is 1.87. The van der Waals surface area contributed by atoms with Crippen LogP contribution in [0.5, 0.6) is 17.2 Å². The number of methoxy groups -OCH3 is 3. The molecule has 0 radical (unpaired) electrons. The van der Waals surface area contributed by atoms with E-state index in [9.17, 15) is 9.59 Å². The zero-order chi connectivity index (χ0) is 29.4. The molecular weight excluding hydrogens is 556 g/mol. The number of benzene rings is 4. The highest BCUT2D eigenvalue weighted by molar-refractivity contribution is 6.10. The van der Waals surface area contributed by atoms with Crippen LogP contribution in [-0.4, -0.2) is 39.1 Å². The lowest BCUT2D eigenvalue weighted by molar-refractivity contribution is 0.0974. The van der Waals surface area contributed by atoms with Crippen LogP contribution < -0.4 is 30.2 Å². The van der Waals surface area contributed by atoms with Crippen LogP contribution in [0.25, 0.3) is 0 Å². The van der Waals surface area contributed by atoms with E-state index in [1.807, 2.05) is 43.3 Å². The number of ether oxygens (including phenoxy) is 3. The summed E-state index contributed by atoms with van der Waals surface area (Å²) in [6, 6.07) is 25.9. The Kier molecular flexibility index (Phi) is 10.9. The molecule has 4 N–H and O–H groups in total. The van der Waals surface area contributed by atoms with Crippen LogP contribution in [0.2, 0.25) is 0 Å². The molecule has 0 heterocycles. The zero-order valence-corrected chi connectivity index (χ0v) is 24.6. The lowest BCUT2D eigenvalue weighted by Gasteiger charge is -2.15. The van der Waals surface area contributed by atoms with Crippen molar-refractivity contribution in [3.05, 3.63) is 113 Å². The standard InChI is InChI=1S/C32H32N4O5.ClH/c1-20-10-15-25(34-32(33)36-31(38)24-17-27(39-2)29(41-4)28(18-24)40-3)19-26(20)35-30(37)23-13-11-22(12-14-23)16-21-8-6-5-7-9-21;/h5-15,17-19H,16H2,1-4H3,(H,35,37)(H3,33,34,36,38);1H. The Morgan fingerprint density at radius 1 is 0.714 bits per heavy atom. The molecule has 2 amide bonds. The molecule has 0 aliphatic heterocycles. The molecule has 0 aliphatic carbocycles. The normalized spacial score (nSPS) is 10.1. The molecule has 4 aromatic carbocycles. The van der Waals surface area contributed by atoms with E-state index in [-0.39, 0.29) is 29.8 Å². The van der Waals surface area contributed by atoms with Gasteiger partial charge in [-0.05, 0) is 66.4 Å². The second-order valence-corrected chi connectivity index (χ2v) is 9.21. The number of carbonyl (C=O) groups is 2. The third-order valence-corrected chi connectivity index (χ3v) is 6.39. The minimum Gasteiger partial charge on any atom is -0.493 e. The smallest absolute Gasteiger partial charge is 0.258 e. The SMILES string of the molecule is COc1cc(C(=O)NC(=N)Nc2ccc(C)c(NC(=O)c3ccc(Cc4ccccc4)cc3)c2)cc(OC)c1OC.Cl. The Labute approximate surface area is 251 Å². The van der Waals surface area contributed by atoms with Gasteiger partial charge in [0, 0.05) is 22.5 Å². The number of guanidine groups is 1. The van der Waals surface area contributed by atoms with Crippen molar-refractivity contribution in [3.63, 3.8) is 0 Å². The summed E-state index contributed by atoms with van der Waals surface area (Å²) in [4.78, 5) is 25.8. The summed E-state index contributed by atoms with van der Waals surface area (Å²) in [5.41, 5.74) is 5.01. The molecule has 4 aromatic rings. The number of hydrogen-bond acceptors (Lipinski definition) is 6. The summed E-state index contributed by atoms with van der Waals surface area (Å²) >= 11 is 0. The summed E-state index contributed by atoms with van der Waals surface area (Å²) in [7, 11) is 4.38. The van der Waals surface area contributed by atoms with Crippen molar-refractivity contribution in [2.45, 2.75) is 13.3 Å². The number of hydrogen-bond donors (Lipinski definition) is 4. The van der Waals surface area contributed by atoms with Gasteiger partial charge in [0.2, 0.25) is 5.75 Å². The molecule has 0 saturated carbocycles. The summed E-state index contributed by atoms with van der Waals surface area (Å²) < 4.78 is 15.9. The van der Waals surface area contributed by atoms with E-state index < -0.39 is 5.91 Å². The highest BCUT2D eigenvalue weighted by Crippen LogP contribution is 2.38. The highest BCUT2D eigenvalue weighted by Gasteiger charge is 2.18. The molecule has 0 fully saturated rings. The van der Waals surface area contributed by atoms with Gasteiger partial charge in [-0.1, -0.05) is 48.5 Å². The average molecular weight is 589 g/mol. The van der Waals surface area contributed by atoms with Crippen LogP contribution in [0.1, 0.15) is 37.4 Å². The Balaban J connectivity index is 0.00000484. The topological polar surface area (TPSA) is 122 Å². The largest absolute Gasteiger partial charge is 0.493 e. The Morgan fingerprint density at radius 3 is 1.93 bits per heavy atom. The van der Waals surface area contributed by atoms with Gasteiger partial charge in [0.1, 0.15) is 0 Å². The molecule has 42 heavy (non-hydrogen) atoms. The van der Waals surface area contributed by atoms with Crippen LogP contribution in [-0.2, 0) is 6.42 Å². The fourth-order valence-electron chi connectivity index (χ4n) is 4.21. The van der Waals surface area contributed by atoms with Crippen molar-refractivity contribution in [1.82, 2.24) is 5.32 Å². The van der Waals surface area contributed by atoms with Crippen LogP contribution in [0.4, 0.5) is 11.4 Å². The van der Waals surface area contributed by atoms with Crippen LogP contribution in [0.3, 0.4) is 0 Å². The van der Waals surface area contributed by atoms with E-state index in [2.05, 4.69) is 28.1 Å². The second kappa shape index (κ2) is 14.6. The molecule has 0 spiro atoms. The van der Waals surface area contributed by atoms with Crippen molar-refractivity contribution in [3.8, 4) is 17.2 Å². The summed E-state index contributed by atoms with van der Waals surface area (Å²) in [5.74, 6) is -0.0427. The molecular formula is C32H33ClN4O5. The first kappa shape index (κ1) is 31.5. The molecule has 218 valence electrons. The Hall–Kier alpha value is -5.02. The quantitative estimate of drug-likeness (QED) is 0.139. The molecule has 0 atom stereocenters. The zero-order valence-electron chi connectivity index (χ0n) is 23.7. The van der Waals surface area contributed by atoms with Gasteiger partial charge in [-0.2, -0.15) is 0 Å². The molecule has 0 saturated heterocycles. The predicted octanol–water partition coefficient (Wildman–Crippen LogP) is 6.06. The van der Waals surface area contributed by atoms with Crippen LogP contribution in [0, 0.1) is 12.3 Å². The van der Waals surface area contributed by atoms with Crippen molar-refractivity contribution >= 4 is 41.6 Å². The third-order valence-electron chi connectivity index (χ3n) is 6.39. The van der Waals surface area contributed by atoms with Gasteiger partial charge in [0.15, 0.2) is 17.5 Å². The molecule has 0 aliphatic rings. The Bertz CT molecular complexity index is 1530. The summed E-state index contributed by atoms with van der Waals surface area (Å²) in [5, 5.41) is 16.5. The minimum absolute atomic E-state index is 0. The van der Waals surface area contributed by atoms with Gasteiger partial charge >= 0.3 is 0 Å². The monoisotopic (exact) mass is 588 g/mol. The first-order chi connectivity index (χ1) is 19.8. The number of amides is 2. The van der Waals surface area contributed by atoms with Gasteiger partial charge in [0.05, 0.1) is 21.3 Å². The second-order valence-electron chi connectivity index (χ2n) is 9.21. The number of aryl methyl sites for hydroxylation is 1. The first-order valence-corrected chi connectivity index (χ1v) is 12.8. The number of anilines is 2. The van der Waals surface area contributed by atoms with Crippen LogP contribution in [0.15, 0.2) is 84.9 Å². The maximum absolute atomic E-state index is 13.0. The fraction of sp³-hybridized carbons (Fsp3) is 0.156. The molecule has 10 heteroatoms. The van der Waals surface area contributed by atoms with Gasteiger partial charge < -0.3 is 24.8 Å². The minimum atomic E-state index is -0.543. The van der Waals surface area contributed by atoms with Crippen molar-refractivity contribution in [2.75, 3.05) is 32.0 Å². The van der Waals surface area contributed by atoms with Crippen LogP contribution >= 0.6 is 12.4 Å². The Morgan fingerprint density at radius 2 is 1.33 bits per heavy atom. The van der Waals surface area contributed by atoms with Gasteiger partial charge in [-0.25, -0.2) is 0 Å². The van der Waals surface area contributed by atoms with Gasteiger partial charge in [0.25, 0.3) is 11.8 Å². The molecule has 0 unspecified atom stereocenters. The van der Waals surface area contributed by atoms with E-state index >= 15 is 0 Å². The maximum atomic E-state index is 13.0. The fourth-order valence-corrected chi connectivity index (χ4v) is 4.21. The maximum Gasteiger partial charge on any atom is 0.258 e. The average Bonchev–Trinajstić information content (AvgIpc) is 2.98. The van der Waals surface area contributed by atoms with E-state index in [1.54, 1.807) is 24.3 Å². The number of halogens is 1. The highest BCUT2D eigenvalue weighted by atomic mass is 35.5. The van der Waals surface area contributed by atoms with E-state index in [0.717, 1.165) is 17.5 Å². The van der Waals surface area contributed by atoms with Gasteiger partial charge in [-0.15, -0.1) is 12.4 Å². The van der Waals surface area contributed by atoms with E-state index in [0.29, 0.717) is 34.2 Å². The number of nitrogens with one attached hydrogen (secondary N) is 4. The lowest BCUT2D eigenvalue weighted by atomic mass is 10.0. The molecule has 4 rings (SSSR count). The predicted molar refractivity (Wildman–Crippen MR) is 167 cm³/mol. The van der Waals surface area contributed by atoms with E-state index in [4.69, 9.17) is 19.6 Å². The van der Waals surface area contributed by atoms with E-state index in [1.165, 1.54) is 39.0 Å². The van der Waals surface area contributed by atoms with Gasteiger partial charge in [-0.3, -0.25) is 20.3 Å². The third kappa shape index (κ3) is 7.80. The van der Waals surface area contributed by atoms with Crippen molar-refractivity contribution in [2.24, 2.45) is 0 Å². The molecule has 9 nitrogen and oxygen atoms in total. The summed E-state index contributed by atoms with van der Waals surface area (Å²) in [6.07, 6.45) is 0.789.